The second-order valence-electron chi connectivity index (χ2n) is 8.38. The van der Waals surface area contributed by atoms with Crippen molar-refractivity contribution in [3.05, 3.63) is 0 Å². The Labute approximate surface area is 155 Å². The van der Waals surface area contributed by atoms with Crippen molar-refractivity contribution in [2.24, 2.45) is 5.92 Å². The quantitative estimate of drug-likeness (QED) is 0.771. The summed E-state index contributed by atoms with van der Waals surface area (Å²) in [4.78, 5) is 38.0. The molecule has 0 aromatic carbocycles. The fourth-order valence-corrected chi connectivity index (χ4v) is 3.56. The molecule has 2 rings (SSSR count). The van der Waals surface area contributed by atoms with Gasteiger partial charge in [0.2, 0.25) is 0 Å². The Morgan fingerprint density at radius 3 is 2.42 bits per heavy atom. The molecule has 0 spiro atoms. The molecule has 0 aromatic heterocycles. The molecule has 2 aliphatic rings. The van der Waals surface area contributed by atoms with E-state index in [9.17, 15) is 14.4 Å². The van der Waals surface area contributed by atoms with Crippen molar-refractivity contribution in [1.82, 2.24) is 10.2 Å². The highest BCUT2D eigenvalue weighted by Gasteiger charge is 2.38. The lowest BCUT2D eigenvalue weighted by atomic mass is 9.86. The summed E-state index contributed by atoms with van der Waals surface area (Å²) >= 11 is 0. The molecule has 0 bridgehead atoms. The van der Waals surface area contributed by atoms with Gasteiger partial charge < -0.3 is 14.8 Å². The van der Waals surface area contributed by atoms with Gasteiger partial charge in [-0.2, -0.15) is 0 Å². The number of ether oxygens (including phenoxy) is 2. The van der Waals surface area contributed by atoms with Crippen LogP contribution in [0.15, 0.2) is 0 Å². The van der Waals surface area contributed by atoms with Gasteiger partial charge in [-0.25, -0.2) is 9.59 Å². The Hall–Kier alpha value is -1.79. The predicted molar refractivity (Wildman–Crippen MR) is 96.5 cm³/mol. The Bertz CT molecular complexity index is 529. The highest BCUT2D eigenvalue weighted by atomic mass is 16.6. The van der Waals surface area contributed by atoms with E-state index in [2.05, 4.69) is 12.2 Å². The Kier molecular flexibility index (Phi) is 6.89. The molecule has 0 radical (unpaired) electrons. The normalized spacial score (nSPS) is 26.3. The van der Waals surface area contributed by atoms with Gasteiger partial charge in [-0.3, -0.25) is 9.69 Å². The van der Waals surface area contributed by atoms with Crippen LogP contribution in [-0.4, -0.2) is 53.7 Å². The number of carbonyl (C=O) groups excluding carboxylic acids is 3. The molecule has 3 atom stereocenters. The van der Waals surface area contributed by atoms with Crippen molar-refractivity contribution in [3.8, 4) is 0 Å². The van der Waals surface area contributed by atoms with Gasteiger partial charge >= 0.3 is 12.1 Å². The smallest absolute Gasteiger partial charge is 0.411 e. The van der Waals surface area contributed by atoms with E-state index in [1.165, 1.54) is 11.3 Å². The second-order valence-corrected chi connectivity index (χ2v) is 8.38. The minimum absolute atomic E-state index is 0.152. The van der Waals surface area contributed by atoms with E-state index in [0.717, 1.165) is 19.3 Å². The molecule has 0 unspecified atom stereocenters. The van der Waals surface area contributed by atoms with Gasteiger partial charge in [0.05, 0.1) is 0 Å². The summed E-state index contributed by atoms with van der Waals surface area (Å²) in [6, 6.07) is -0.522. The number of esters is 1. The van der Waals surface area contributed by atoms with E-state index in [0.29, 0.717) is 25.3 Å². The van der Waals surface area contributed by atoms with Crippen molar-refractivity contribution >= 4 is 18.0 Å². The Balaban J connectivity index is 1.80. The van der Waals surface area contributed by atoms with Gasteiger partial charge in [-0.05, 0) is 52.4 Å². The van der Waals surface area contributed by atoms with Gasteiger partial charge in [0.1, 0.15) is 11.6 Å². The fourth-order valence-electron chi connectivity index (χ4n) is 3.56. The fraction of sp³-hybridized carbons (Fsp3) is 0.842. The molecule has 148 valence electrons. The SMILES string of the molecule is C[C@H]1CCCC[C@H]1NC(=O)COC(=O)[C@@H]1CCCN1C(=O)OC(C)(C)C. The largest absolute Gasteiger partial charge is 0.454 e. The van der Waals surface area contributed by atoms with E-state index in [-0.39, 0.29) is 18.6 Å². The molecular formula is C19H32N2O5. The summed E-state index contributed by atoms with van der Waals surface area (Å²) in [5.74, 6) is -0.375. The summed E-state index contributed by atoms with van der Waals surface area (Å²) in [5, 5.41) is 2.96. The number of hydrogen-bond acceptors (Lipinski definition) is 5. The molecule has 2 amide bonds. The minimum Gasteiger partial charge on any atom is -0.454 e. The number of hydrogen-bond donors (Lipinski definition) is 1. The predicted octanol–water partition coefficient (Wildman–Crippen LogP) is 2.62. The van der Waals surface area contributed by atoms with Gasteiger partial charge in [-0.1, -0.05) is 19.8 Å². The Morgan fingerprint density at radius 1 is 1.08 bits per heavy atom. The van der Waals surface area contributed by atoms with E-state index < -0.39 is 23.7 Å². The summed E-state index contributed by atoms with van der Waals surface area (Å²) < 4.78 is 10.5. The first-order valence-electron chi connectivity index (χ1n) is 9.63. The van der Waals surface area contributed by atoms with Crippen LogP contribution in [0.25, 0.3) is 0 Å². The highest BCUT2D eigenvalue weighted by Crippen LogP contribution is 2.24. The van der Waals surface area contributed by atoms with Crippen LogP contribution in [-0.2, 0) is 19.1 Å². The maximum absolute atomic E-state index is 12.3. The van der Waals surface area contributed by atoms with E-state index in [1.54, 1.807) is 20.8 Å². The topological polar surface area (TPSA) is 84.9 Å². The standard InChI is InChI=1S/C19H32N2O5/c1-13-8-5-6-9-14(13)20-16(22)12-25-17(23)15-10-7-11-21(15)18(24)26-19(2,3)4/h13-15H,5-12H2,1-4H3,(H,20,22)/t13-,14+,15-/m0/s1. The van der Waals surface area contributed by atoms with Crippen molar-refractivity contribution in [1.29, 1.82) is 0 Å². The summed E-state index contributed by atoms with van der Waals surface area (Å²) in [6.45, 7) is 7.63. The van der Waals surface area contributed by atoms with Crippen LogP contribution in [0, 0.1) is 5.92 Å². The summed E-state index contributed by atoms with van der Waals surface area (Å²) in [5.41, 5.74) is -0.620. The van der Waals surface area contributed by atoms with E-state index in [4.69, 9.17) is 9.47 Å². The first-order valence-corrected chi connectivity index (χ1v) is 9.63. The zero-order chi connectivity index (χ0) is 19.3. The molecule has 1 aliphatic carbocycles. The number of likely N-dealkylation sites (tertiary alicyclic amines) is 1. The van der Waals surface area contributed by atoms with Gasteiger partial charge in [0, 0.05) is 12.6 Å². The molecule has 7 nitrogen and oxygen atoms in total. The van der Waals surface area contributed by atoms with Crippen molar-refractivity contribution < 1.29 is 23.9 Å². The van der Waals surface area contributed by atoms with Crippen LogP contribution >= 0.6 is 0 Å². The molecule has 1 saturated heterocycles. The molecule has 0 aromatic rings. The van der Waals surface area contributed by atoms with Gasteiger partial charge in [0.25, 0.3) is 5.91 Å². The summed E-state index contributed by atoms with van der Waals surface area (Å²) in [7, 11) is 0. The number of amides is 2. The van der Waals surface area contributed by atoms with Gasteiger partial charge in [-0.15, -0.1) is 0 Å². The monoisotopic (exact) mass is 368 g/mol. The molecule has 2 fully saturated rings. The van der Waals surface area contributed by atoms with Crippen molar-refractivity contribution in [3.63, 3.8) is 0 Å². The van der Waals surface area contributed by atoms with Crippen LogP contribution in [0.5, 0.6) is 0 Å². The average molecular weight is 368 g/mol. The lowest BCUT2D eigenvalue weighted by Crippen LogP contribution is -2.46. The highest BCUT2D eigenvalue weighted by molar-refractivity contribution is 5.85. The number of rotatable bonds is 4. The molecule has 1 heterocycles. The third-order valence-electron chi connectivity index (χ3n) is 4.96. The van der Waals surface area contributed by atoms with E-state index in [1.807, 2.05) is 0 Å². The van der Waals surface area contributed by atoms with Crippen LogP contribution < -0.4 is 5.32 Å². The maximum Gasteiger partial charge on any atom is 0.411 e. The zero-order valence-electron chi connectivity index (χ0n) is 16.4. The van der Waals surface area contributed by atoms with Crippen molar-refractivity contribution in [2.75, 3.05) is 13.2 Å². The molecule has 1 N–H and O–H groups in total. The maximum atomic E-state index is 12.3. The first-order chi connectivity index (χ1) is 12.2. The van der Waals surface area contributed by atoms with E-state index >= 15 is 0 Å². The molecular weight excluding hydrogens is 336 g/mol. The minimum atomic E-state index is -0.675. The number of nitrogens with zero attached hydrogens (tertiary/aromatic N) is 1. The summed E-state index contributed by atoms with van der Waals surface area (Å²) in [6.07, 6.45) is 5.11. The second kappa shape index (κ2) is 8.73. The lowest BCUT2D eigenvalue weighted by Gasteiger charge is -2.29. The van der Waals surface area contributed by atoms with Crippen molar-refractivity contribution in [2.45, 2.75) is 83.9 Å². The van der Waals surface area contributed by atoms with Crippen LogP contribution in [0.3, 0.4) is 0 Å². The van der Waals surface area contributed by atoms with Crippen LogP contribution in [0.4, 0.5) is 4.79 Å². The molecule has 7 heteroatoms. The van der Waals surface area contributed by atoms with Crippen LogP contribution in [0.2, 0.25) is 0 Å². The van der Waals surface area contributed by atoms with Crippen LogP contribution in [0.1, 0.15) is 66.2 Å². The third-order valence-corrected chi connectivity index (χ3v) is 4.96. The third kappa shape index (κ3) is 5.88. The molecule has 1 saturated carbocycles. The zero-order valence-corrected chi connectivity index (χ0v) is 16.4. The number of nitrogens with one attached hydrogen (secondary N) is 1. The molecule has 26 heavy (non-hydrogen) atoms. The lowest BCUT2D eigenvalue weighted by molar-refractivity contribution is -0.153. The average Bonchev–Trinajstić information content (AvgIpc) is 3.03. The first kappa shape index (κ1) is 20.5. The molecule has 1 aliphatic heterocycles. The van der Waals surface area contributed by atoms with Gasteiger partial charge in [0.15, 0.2) is 6.61 Å². The Morgan fingerprint density at radius 2 is 1.77 bits per heavy atom. The number of carbonyl (C=O) groups is 3.